The van der Waals surface area contributed by atoms with Crippen LogP contribution in [0.15, 0.2) is 12.7 Å². The monoisotopic (exact) mass is 334 g/mol. The Morgan fingerprint density at radius 1 is 1.29 bits per heavy atom. The molecule has 2 aromatic rings. The second kappa shape index (κ2) is 7.87. The second-order valence-electron chi connectivity index (χ2n) is 6.26. The van der Waals surface area contributed by atoms with Crippen molar-refractivity contribution in [2.75, 3.05) is 31.6 Å². The minimum Gasteiger partial charge on any atom is -0.394 e. The van der Waals surface area contributed by atoms with Crippen molar-refractivity contribution >= 4 is 17.0 Å². The second-order valence-corrected chi connectivity index (χ2v) is 6.26. The van der Waals surface area contributed by atoms with E-state index in [0.717, 1.165) is 62.2 Å². The molecule has 24 heavy (non-hydrogen) atoms. The van der Waals surface area contributed by atoms with Gasteiger partial charge in [-0.2, -0.15) is 0 Å². The molecule has 0 radical (unpaired) electrons. The van der Waals surface area contributed by atoms with Crippen LogP contribution in [0.2, 0.25) is 0 Å². The number of nitrogens with two attached hydrogens (primary N) is 1. The number of anilines is 1. The van der Waals surface area contributed by atoms with Crippen LogP contribution in [0.5, 0.6) is 0 Å². The van der Waals surface area contributed by atoms with E-state index in [1.165, 1.54) is 0 Å². The molecule has 132 valence electrons. The van der Waals surface area contributed by atoms with Crippen molar-refractivity contribution in [1.29, 1.82) is 0 Å². The fraction of sp³-hybridized carbons (Fsp3) is 0.688. The molecule has 0 amide bonds. The molecule has 3 heterocycles. The Morgan fingerprint density at radius 3 is 2.92 bits per heavy atom. The number of aliphatic hydroxyl groups is 1. The van der Waals surface area contributed by atoms with Crippen molar-refractivity contribution in [2.45, 2.75) is 44.4 Å². The van der Waals surface area contributed by atoms with Gasteiger partial charge in [-0.25, -0.2) is 15.0 Å². The highest BCUT2D eigenvalue weighted by atomic mass is 16.5. The van der Waals surface area contributed by atoms with Crippen LogP contribution in [-0.2, 0) is 4.74 Å². The molecule has 1 saturated heterocycles. The smallest absolute Gasteiger partial charge is 0.167 e. The molecule has 0 spiro atoms. The lowest BCUT2D eigenvalue weighted by molar-refractivity contribution is -0.0207. The van der Waals surface area contributed by atoms with Crippen LogP contribution in [-0.4, -0.2) is 57.5 Å². The third-order valence-electron chi connectivity index (χ3n) is 4.50. The van der Waals surface area contributed by atoms with Gasteiger partial charge in [0.2, 0.25) is 0 Å². The molecule has 2 atom stereocenters. The summed E-state index contributed by atoms with van der Waals surface area (Å²) in [5.41, 5.74) is 7.10. The summed E-state index contributed by atoms with van der Waals surface area (Å²) in [5, 5.41) is 9.24. The van der Waals surface area contributed by atoms with Gasteiger partial charge in [0.25, 0.3) is 0 Å². The van der Waals surface area contributed by atoms with Crippen LogP contribution in [0.4, 0.5) is 5.82 Å². The lowest BCUT2D eigenvalue weighted by atomic mass is 10.2. The van der Waals surface area contributed by atoms with E-state index in [-0.39, 0.29) is 18.9 Å². The van der Waals surface area contributed by atoms with Crippen LogP contribution in [0.25, 0.3) is 11.2 Å². The number of aromatic nitrogens is 4. The molecule has 2 aromatic heterocycles. The van der Waals surface area contributed by atoms with Gasteiger partial charge in [-0.05, 0) is 32.2 Å². The summed E-state index contributed by atoms with van der Waals surface area (Å²) in [7, 11) is 2.02. The molecule has 1 fully saturated rings. The Kier molecular flexibility index (Phi) is 5.60. The van der Waals surface area contributed by atoms with Gasteiger partial charge in [-0.3, -0.25) is 4.57 Å². The van der Waals surface area contributed by atoms with E-state index in [1.54, 1.807) is 12.7 Å². The number of nitrogens with zero attached hydrogens (tertiary/aromatic N) is 5. The Morgan fingerprint density at radius 2 is 2.17 bits per heavy atom. The number of aliphatic hydroxyl groups excluding tert-OH is 1. The van der Waals surface area contributed by atoms with E-state index in [9.17, 15) is 5.11 Å². The maximum Gasteiger partial charge on any atom is 0.167 e. The van der Waals surface area contributed by atoms with Crippen LogP contribution in [0.1, 0.15) is 38.3 Å². The molecule has 0 saturated carbocycles. The van der Waals surface area contributed by atoms with Crippen molar-refractivity contribution in [2.24, 2.45) is 5.73 Å². The molecule has 8 heteroatoms. The number of unbranched alkanes of at least 4 members (excludes halogenated alkanes) is 2. The Balaban J connectivity index is 1.76. The summed E-state index contributed by atoms with van der Waals surface area (Å²) in [6.45, 7) is 1.70. The van der Waals surface area contributed by atoms with Gasteiger partial charge < -0.3 is 20.5 Å². The first-order valence-corrected chi connectivity index (χ1v) is 8.59. The van der Waals surface area contributed by atoms with E-state index in [1.807, 2.05) is 11.6 Å². The third kappa shape index (κ3) is 3.50. The van der Waals surface area contributed by atoms with Gasteiger partial charge in [0.05, 0.1) is 19.0 Å². The fourth-order valence-corrected chi connectivity index (χ4v) is 3.13. The van der Waals surface area contributed by atoms with E-state index >= 15 is 0 Å². The zero-order chi connectivity index (χ0) is 16.9. The summed E-state index contributed by atoms with van der Waals surface area (Å²) in [6, 6.07) is 0. The molecule has 3 N–H and O–H groups in total. The summed E-state index contributed by atoms with van der Waals surface area (Å²) >= 11 is 0. The molecule has 3 rings (SSSR count). The van der Waals surface area contributed by atoms with Crippen LogP contribution < -0.4 is 10.6 Å². The van der Waals surface area contributed by atoms with Gasteiger partial charge in [0, 0.05) is 13.6 Å². The standard InChI is InChI=1S/C16H26N6O2/c1-21(8-4-2-3-7-17)15-14-16(19-10-18-15)22(11-20-14)13-6-5-12(9-23)24-13/h10-13,23H,2-9,17H2,1H3. The average molecular weight is 334 g/mol. The summed E-state index contributed by atoms with van der Waals surface area (Å²) in [4.78, 5) is 15.4. The maximum atomic E-state index is 9.24. The molecular formula is C16H26N6O2. The fourth-order valence-electron chi connectivity index (χ4n) is 3.13. The number of imidazole rings is 1. The van der Waals surface area contributed by atoms with Crippen molar-refractivity contribution < 1.29 is 9.84 Å². The first-order valence-electron chi connectivity index (χ1n) is 8.59. The number of hydrogen-bond acceptors (Lipinski definition) is 7. The minimum atomic E-state index is -0.121. The number of rotatable bonds is 8. The van der Waals surface area contributed by atoms with E-state index in [4.69, 9.17) is 10.5 Å². The topological polar surface area (TPSA) is 102 Å². The highest BCUT2D eigenvalue weighted by molar-refractivity contribution is 5.83. The Bertz CT molecular complexity index is 661. The lowest BCUT2D eigenvalue weighted by Gasteiger charge is -2.18. The largest absolute Gasteiger partial charge is 0.394 e. The Hall–Kier alpha value is -1.77. The zero-order valence-corrected chi connectivity index (χ0v) is 14.1. The van der Waals surface area contributed by atoms with Gasteiger partial charge in [0.15, 0.2) is 17.0 Å². The summed E-state index contributed by atoms with van der Waals surface area (Å²) in [5.74, 6) is 0.836. The van der Waals surface area contributed by atoms with E-state index in [2.05, 4.69) is 19.9 Å². The normalized spacial score (nSPS) is 20.8. The third-order valence-corrected chi connectivity index (χ3v) is 4.50. The van der Waals surface area contributed by atoms with E-state index < -0.39 is 0 Å². The predicted octanol–water partition coefficient (Wildman–Crippen LogP) is 1.06. The molecule has 8 nitrogen and oxygen atoms in total. The minimum absolute atomic E-state index is 0.0505. The summed E-state index contributed by atoms with van der Waals surface area (Å²) < 4.78 is 7.79. The van der Waals surface area contributed by atoms with Crippen LogP contribution in [0, 0.1) is 0 Å². The zero-order valence-electron chi connectivity index (χ0n) is 14.1. The van der Waals surface area contributed by atoms with Crippen LogP contribution >= 0.6 is 0 Å². The lowest BCUT2D eigenvalue weighted by Crippen LogP contribution is -2.20. The van der Waals surface area contributed by atoms with Crippen molar-refractivity contribution in [3.05, 3.63) is 12.7 Å². The quantitative estimate of drug-likeness (QED) is 0.696. The van der Waals surface area contributed by atoms with Crippen molar-refractivity contribution in [3.8, 4) is 0 Å². The first-order chi connectivity index (χ1) is 11.7. The van der Waals surface area contributed by atoms with E-state index in [0.29, 0.717) is 0 Å². The average Bonchev–Trinajstić information content (AvgIpc) is 3.24. The number of fused-ring (bicyclic) bond motifs is 1. The highest BCUT2D eigenvalue weighted by Gasteiger charge is 2.28. The number of ether oxygens (including phenoxy) is 1. The first kappa shape index (κ1) is 17.1. The molecule has 1 aliphatic heterocycles. The molecular weight excluding hydrogens is 308 g/mol. The van der Waals surface area contributed by atoms with Crippen molar-refractivity contribution in [3.63, 3.8) is 0 Å². The highest BCUT2D eigenvalue weighted by Crippen LogP contribution is 2.31. The molecule has 2 unspecified atom stereocenters. The molecule has 1 aliphatic rings. The van der Waals surface area contributed by atoms with Gasteiger partial charge in [0.1, 0.15) is 12.6 Å². The van der Waals surface area contributed by atoms with Gasteiger partial charge in [-0.15, -0.1) is 0 Å². The predicted molar refractivity (Wildman–Crippen MR) is 91.7 cm³/mol. The molecule has 0 bridgehead atoms. The summed E-state index contributed by atoms with van der Waals surface area (Å²) in [6.07, 6.45) is 8.05. The maximum absolute atomic E-state index is 9.24. The van der Waals surface area contributed by atoms with Gasteiger partial charge in [-0.1, -0.05) is 6.42 Å². The van der Waals surface area contributed by atoms with Crippen LogP contribution in [0.3, 0.4) is 0 Å². The SMILES string of the molecule is CN(CCCCCN)c1ncnc2c1ncn2C1CCC(CO)O1. The molecule has 0 aromatic carbocycles. The Labute approximate surface area is 141 Å². The molecule has 0 aliphatic carbocycles. The van der Waals surface area contributed by atoms with Gasteiger partial charge >= 0.3 is 0 Å². The van der Waals surface area contributed by atoms with Crippen molar-refractivity contribution in [1.82, 2.24) is 19.5 Å². The number of hydrogen-bond donors (Lipinski definition) is 2.